The molecule has 1 heterocycles. The molecule has 3 aromatic carbocycles. The largest absolute Gasteiger partial charge is 0.444 e. The first-order valence-electron chi connectivity index (χ1n) is 14.9. The first kappa shape index (κ1) is 32.9. The van der Waals surface area contributed by atoms with Crippen LogP contribution < -0.4 is 16.0 Å². The zero-order valence-electron chi connectivity index (χ0n) is 26.6. The van der Waals surface area contributed by atoms with Crippen LogP contribution in [0.3, 0.4) is 0 Å². The second kappa shape index (κ2) is 14.2. The molecule has 0 bridgehead atoms. The summed E-state index contributed by atoms with van der Waals surface area (Å²) in [6.07, 6.45) is 2.90. The van der Waals surface area contributed by atoms with Gasteiger partial charge in [0.25, 0.3) is 0 Å². The number of nitrogens with one attached hydrogen (secondary N) is 3. The summed E-state index contributed by atoms with van der Waals surface area (Å²) in [5.74, 6) is -0.183. The minimum absolute atomic E-state index is 0.233. The monoisotopic (exact) mass is 611 g/mol. The Balaban J connectivity index is 1.55. The number of ether oxygens (including phenoxy) is 1. The van der Waals surface area contributed by atoms with Crippen LogP contribution in [0.15, 0.2) is 89.5 Å². The van der Waals surface area contributed by atoms with Crippen molar-refractivity contribution in [2.45, 2.75) is 77.6 Å². The molecule has 2 atom stereocenters. The van der Waals surface area contributed by atoms with Crippen LogP contribution in [0.2, 0.25) is 0 Å². The predicted molar refractivity (Wildman–Crippen MR) is 172 cm³/mol. The van der Waals surface area contributed by atoms with Crippen LogP contribution in [-0.4, -0.2) is 45.2 Å². The van der Waals surface area contributed by atoms with E-state index in [0.717, 1.165) is 21.9 Å². The quantitative estimate of drug-likeness (QED) is 0.190. The molecular formula is C35H41N5O5. The number of carbonyl (C=O) groups excluding carboxylic acids is 3. The fourth-order valence-electron chi connectivity index (χ4n) is 4.70. The first-order valence-corrected chi connectivity index (χ1v) is 14.9. The van der Waals surface area contributed by atoms with Crippen LogP contribution in [0.1, 0.15) is 63.5 Å². The summed E-state index contributed by atoms with van der Waals surface area (Å²) in [6.45, 7) is 10.5. The fraction of sp³-hybridized carbons (Fsp3) is 0.343. The molecule has 4 aromatic rings. The third kappa shape index (κ3) is 10.3. The third-order valence-electron chi connectivity index (χ3n) is 6.80. The number of aromatic nitrogens is 2. The molecule has 0 spiro atoms. The molecule has 45 heavy (non-hydrogen) atoms. The highest BCUT2D eigenvalue weighted by Gasteiger charge is 2.28. The van der Waals surface area contributed by atoms with Crippen LogP contribution in [0.5, 0.6) is 0 Å². The highest BCUT2D eigenvalue weighted by atomic mass is 16.6. The molecule has 10 heteroatoms. The lowest BCUT2D eigenvalue weighted by Gasteiger charge is -2.26. The summed E-state index contributed by atoms with van der Waals surface area (Å²) in [5.41, 5.74) is 0.282. The Morgan fingerprint density at radius 1 is 0.867 bits per heavy atom. The maximum atomic E-state index is 13.9. The zero-order valence-corrected chi connectivity index (χ0v) is 26.6. The van der Waals surface area contributed by atoms with Crippen molar-refractivity contribution in [2.75, 3.05) is 0 Å². The molecule has 0 aliphatic heterocycles. The van der Waals surface area contributed by atoms with Gasteiger partial charge in [0.05, 0.1) is 5.54 Å². The Hall–Kier alpha value is -4.99. The van der Waals surface area contributed by atoms with E-state index >= 15 is 0 Å². The second-order valence-electron chi connectivity index (χ2n) is 12.6. The van der Waals surface area contributed by atoms with Crippen molar-refractivity contribution < 1.29 is 23.6 Å². The standard InChI is InChI=1S/C35H41N5O5/c1-23-36-32(45-40-23)29(21-24-12-8-7-9-13-24)38-31(42)28(22-25-16-17-26-14-10-11-15-27(26)20-25)37-30(41)18-19-35(5,6)39-33(43)44-34(2,3)4/h7-20,28-29H,21-22H2,1-6H3,(H,37,41)(H,38,42)(H,39,43)/b19-18+/t28?,29-/m1/s1. The number of amides is 3. The number of carbonyl (C=O) groups is 3. The maximum absolute atomic E-state index is 13.9. The van der Waals surface area contributed by atoms with Gasteiger partial charge in [-0.3, -0.25) is 9.59 Å². The number of aryl methyl sites for hydroxylation is 1. The van der Waals surface area contributed by atoms with Gasteiger partial charge in [0.15, 0.2) is 5.82 Å². The predicted octanol–water partition coefficient (Wildman–Crippen LogP) is 5.52. The van der Waals surface area contributed by atoms with Crippen molar-refractivity contribution >= 4 is 28.7 Å². The van der Waals surface area contributed by atoms with Crippen molar-refractivity contribution in [3.8, 4) is 0 Å². The van der Waals surface area contributed by atoms with E-state index in [-0.39, 0.29) is 12.3 Å². The number of rotatable bonds is 11. The minimum Gasteiger partial charge on any atom is -0.444 e. The van der Waals surface area contributed by atoms with Crippen LogP contribution in [-0.2, 0) is 27.2 Å². The van der Waals surface area contributed by atoms with Gasteiger partial charge in [-0.05, 0) is 63.4 Å². The average molecular weight is 612 g/mol. The molecule has 4 rings (SSSR count). The van der Waals surface area contributed by atoms with Gasteiger partial charge in [0.1, 0.15) is 17.7 Å². The van der Waals surface area contributed by atoms with Gasteiger partial charge in [-0.1, -0.05) is 84.0 Å². The summed E-state index contributed by atoms with van der Waals surface area (Å²) in [6, 6.07) is 22.0. The van der Waals surface area contributed by atoms with Gasteiger partial charge < -0.3 is 25.2 Å². The Morgan fingerprint density at radius 2 is 1.56 bits per heavy atom. The van der Waals surface area contributed by atoms with Gasteiger partial charge in [0, 0.05) is 18.9 Å². The highest BCUT2D eigenvalue weighted by Crippen LogP contribution is 2.20. The van der Waals surface area contributed by atoms with Gasteiger partial charge in [-0.25, -0.2) is 4.79 Å². The van der Waals surface area contributed by atoms with E-state index in [0.29, 0.717) is 12.2 Å². The molecule has 0 radical (unpaired) electrons. The van der Waals surface area contributed by atoms with E-state index in [2.05, 4.69) is 26.1 Å². The lowest BCUT2D eigenvalue weighted by molar-refractivity contribution is -0.127. The van der Waals surface area contributed by atoms with Crippen molar-refractivity contribution in [1.82, 2.24) is 26.1 Å². The van der Waals surface area contributed by atoms with Crippen LogP contribution in [0.25, 0.3) is 10.8 Å². The zero-order chi connectivity index (χ0) is 32.6. The van der Waals surface area contributed by atoms with Gasteiger partial charge in [-0.15, -0.1) is 0 Å². The van der Waals surface area contributed by atoms with Crippen LogP contribution in [0, 0.1) is 6.92 Å². The summed E-state index contributed by atoms with van der Waals surface area (Å²) in [4.78, 5) is 43.8. The number of alkyl carbamates (subject to hydrolysis) is 1. The van der Waals surface area contributed by atoms with E-state index in [4.69, 9.17) is 9.26 Å². The molecule has 10 nitrogen and oxygen atoms in total. The molecule has 236 valence electrons. The summed E-state index contributed by atoms with van der Waals surface area (Å²) < 4.78 is 10.8. The topological polar surface area (TPSA) is 135 Å². The molecule has 0 fully saturated rings. The Labute approximate surface area is 263 Å². The van der Waals surface area contributed by atoms with E-state index in [9.17, 15) is 14.4 Å². The lowest BCUT2D eigenvalue weighted by atomic mass is 10.00. The fourth-order valence-corrected chi connectivity index (χ4v) is 4.70. The van der Waals surface area contributed by atoms with Crippen molar-refractivity contribution in [3.05, 3.63) is 108 Å². The lowest BCUT2D eigenvalue weighted by Crippen LogP contribution is -2.49. The number of benzene rings is 3. The van der Waals surface area contributed by atoms with Crippen LogP contribution >= 0.6 is 0 Å². The van der Waals surface area contributed by atoms with E-state index in [1.165, 1.54) is 6.08 Å². The van der Waals surface area contributed by atoms with Crippen molar-refractivity contribution in [3.63, 3.8) is 0 Å². The van der Waals surface area contributed by atoms with Gasteiger partial charge in [-0.2, -0.15) is 4.98 Å². The molecule has 3 N–H and O–H groups in total. The van der Waals surface area contributed by atoms with E-state index in [1.807, 2.05) is 72.8 Å². The number of fused-ring (bicyclic) bond motifs is 1. The molecule has 1 aromatic heterocycles. The molecule has 0 saturated carbocycles. The molecule has 0 aliphatic carbocycles. The van der Waals surface area contributed by atoms with Gasteiger partial charge >= 0.3 is 6.09 Å². The maximum Gasteiger partial charge on any atom is 0.408 e. The average Bonchev–Trinajstić information content (AvgIpc) is 3.40. The number of nitrogens with zero attached hydrogens (tertiary/aromatic N) is 2. The summed E-state index contributed by atoms with van der Waals surface area (Å²) in [7, 11) is 0. The SMILES string of the molecule is Cc1noc([C@@H](Cc2ccccc2)NC(=O)C(Cc2ccc3ccccc3c2)NC(=O)/C=C/C(C)(C)NC(=O)OC(C)(C)C)n1. The molecule has 0 saturated heterocycles. The smallest absolute Gasteiger partial charge is 0.408 e. The number of hydrogen-bond acceptors (Lipinski definition) is 7. The van der Waals surface area contributed by atoms with Gasteiger partial charge in [0.2, 0.25) is 17.7 Å². The third-order valence-corrected chi connectivity index (χ3v) is 6.80. The minimum atomic E-state index is -0.937. The highest BCUT2D eigenvalue weighted by molar-refractivity contribution is 5.93. The summed E-state index contributed by atoms with van der Waals surface area (Å²) in [5, 5.41) is 14.6. The van der Waals surface area contributed by atoms with E-state index < -0.39 is 41.1 Å². The molecule has 1 unspecified atom stereocenters. The Kier molecular flexibility index (Phi) is 10.4. The molecular weight excluding hydrogens is 570 g/mol. The van der Waals surface area contributed by atoms with Crippen LogP contribution in [0.4, 0.5) is 4.79 Å². The Bertz CT molecular complexity index is 1660. The molecule has 3 amide bonds. The first-order chi connectivity index (χ1) is 21.3. The molecule has 0 aliphatic rings. The van der Waals surface area contributed by atoms with Crippen molar-refractivity contribution in [2.24, 2.45) is 0 Å². The van der Waals surface area contributed by atoms with E-state index in [1.54, 1.807) is 47.6 Å². The number of hydrogen-bond donors (Lipinski definition) is 3. The normalized spacial score (nSPS) is 13.3. The van der Waals surface area contributed by atoms with Crippen molar-refractivity contribution in [1.29, 1.82) is 0 Å². The summed E-state index contributed by atoms with van der Waals surface area (Å²) >= 11 is 0. The second-order valence-corrected chi connectivity index (χ2v) is 12.6. The Morgan fingerprint density at radius 3 is 2.22 bits per heavy atom.